The summed E-state index contributed by atoms with van der Waals surface area (Å²) in [5.41, 5.74) is 3.66. The average molecular weight is 201 g/mol. The number of rotatable bonds is 2. The van der Waals surface area contributed by atoms with Gasteiger partial charge in [-0.15, -0.1) is 0 Å². The number of H-pyrrole nitrogens is 1. The molecule has 2 heteroatoms. The van der Waals surface area contributed by atoms with Crippen molar-refractivity contribution >= 4 is 16.5 Å². The van der Waals surface area contributed by atoms with Gasteiger partial charge < -0.3 is 9.72 Å². The largest absolute Gasteiger partial charge is 0.497 e. The van der Waals surface area contributed by atoms with Crippen molar-refractivity contribution in [1.82, 2.24) is 4.98 Å². The zero-order valence-corrected chi connectivity index (χ0v) is 9.29. The van der Waals surface area contributed by atoms with Gasteiger partial charge in [0.1, 0.15) is 5.75 Å². The lowest BCUT2D eigenvalue weighted by Crippen LogP contribution is -1.82. The Morgan fingerprint density at radius 2 is 2.20 bits per heavy atom. The minimum Gasteiger partial charge on any atom is -0.497 e. The van der Waals surface area contributed by atoms with Gasteiger partial charge in [-0.05, 0) is 37.6 Å². The van der Waals surface area contributed by atoms with Crippen LogP contribution < -0.4 is 4.74 Å². The Balaban J connectivity index is 2.66. The molecule has 1 aromatic carbocycles. The van der Waals surface area contributed by atoms with E-state index in [0.29, 0.717) is 0 Å². The van der Waals surface area contributed by atoms with Crippen molar-refractivity contribution in [2.24, 2.45) is 0 Å². The van der Waals surface area contributed by atoms with Crippen LogP contribution in [0.5, 0.6) is 5.75 Å². The Bertz CT molecular complexity index is 508. The zero-order valence-electron chi connectivity index (χ0n) is 9.29. The third-order valence-electron chi connectivity index (χ3n) is 2.75. The van der Waals surface area contributed by atoms with Crippen LogP contribution in [0.15, 0.2) is 30.5 Å². The van der Waals surface area contributed by atoms with E-state index in [-0.39, 0.29) is 0 Å². The van der Waals surface area contributed by atoms with E-state index in [2.05, 4.69) is 24.1 Å². The summed E-state index contributed by atoms with van der Waals surface area (Å²) in [4.78, 5) is 3.26. The summed E-state index contributed by atoms with van der Waals surface area (Å²) in [5.74, 6) is 0.896. The quantitative estimate of drug-likeness (QED) is 0.789. The molecule has 2 aromatic rings. The lowest BCUT2D eigenvalue weighted by Gasteiger charge is -2.01. The van der Waals surface area contributed by atoms with Crippen molar-refractivity contribution < 1.29 is 4.74 Å². The van der Waals surface area contributed by atoms with Gasteiger partial charge in [0.25, 0.3) is 0 Å². The second-order valence-electron chi connectivity index (χ2n) is 3.59. The predicted octanol–water partition coefficient (Wildman–Crippen LogP) is 3.60. The van der Waals surface area contributed by atoms with Crippen LogP contribution in [-0.4, -0.2) is 12.1 Å². The number of ether oxygens (including phenoxy) is 1. The smallest absolute Gasteiger partial charge is 0.119 e. The lowest BCUT2D eigenvalue weighted by atomic mass is 10.1. The maximum absolute atomic E-state index is 5.23. The molecule has 0 spiro atoms. The molecule has 0 saturated carbocycles. The zero-order chi connectivity index (χ0) is 10.8. The highest BCUT2D eigenvalue weighted by molar-refractivity contribution is 5.92. The Hall–Kier alpha value is -1.70. The molecule has 78 valence electrons. The number of benzene rings is 1. The molecule has 0 radical (unpaired) electrons. The highest BCUT2D eigenvalue weighted by atomic mass is 16.5. The maximum atomic E-state index is 5.23. The summed E-state index contributed by atoms with van der Waals surface area (Å²) < 4.78 is 5.23. The van der Waals surface area contributed by atoms with E-state index in [1.807, 2.05) is 25.3 Å². The monoisotopic (exact) mass is 201 g/mol. The van der Waals surface area contributed by atoms with E-state index < -0.39 is 0 Å². The van der Waals surface area contributed by atoms with Gasteiger partial charge in [-0.25, -0.2) is 0 Å². The fraction of sp³-hybridized carbons (Fsp3) is 0.231. The number of hydrogen-bond donors (Lipinski definition) is 1. The molecule has 0 aliphatic heterocycles. The van der Waals surface area contributed by atoms with Crippen molar-refractivity contribution in [3.05, 3.63) is 36.0 Å². The summed E-state index contributed by atoms with van der Waals surface area (Å²) >= 11 is 0. The first-order valence-corrected chi connectivity index (χ1v) is 5.04. The molecule has 1 aromatic heterocycles. The first-order chi connectivity index (χ1) is 7.26. The van der Waals surface area contributed by atoms with Crippen LogP contribution in [0.4, 0.5) is 0 Å². The van der Waals surface area contributed by atoms with Crippen LogP contribution in [0.25, 0.3) is 16.5 Å². The van der Waals surface area contributed by atoms with E-state index in [1.54, 1.807) is 7.11 Å². The lowest BCUT2D eigenvalue weighted by molar-refractivity contribution is 0.415. The van der Waals surface area contributed by atoms with E-state index in [0.717, 1.165) is 11.3 Å². The van der Waals surface area contributed by atoms with Crippen LogP contribution in [-0.2, 0) is 0 Å². The summed E-state index contributed by atoms with van der Waals surface area (Å²) in [6, 6.07) is 6.07. The fourth-order valence-corrected chi connectivity index (χ4v) is 1.71. The maximum Gasteiger partial charge on any atom is 0.119 e. The molecule has 0 amide bonds. The van der Waals surface area contributed by atoms with Crippen LogP contribution >= 0.6 is 0 Å². The summed E-state index contributed by atoms with van der Waals surface area (Å²) in [6.07, 6.45) is 4.15. The van der Waals surface area contributed by atoms with E-state index in [9.17, 15) is 0 Å². The number of aromatic nitrogens is 1. The van der Waals surface area contributed by atoms with Gasteiger partial charge in [0.2, 0.25) is 0 Å². The molecule has 0 fully saturated rings. The number of hydrogen-bond acceptors (Lipinski definition) is 1. The molecular formula is C13H15NO. The van der Waals surface area contributed by atoms with Crippen molar-refractivity contribution in [1.29, 1.82) is 0 Å². The van der Waals surface area contributed by atoms with Gasteiger partial charge in [-0.1, -0.05) is 6.08 Å². The second-order valence-corrected chi connectivity index (χ2v) is 3.59. The molecule has 0 aliphatic rings. The SMILES string of the molecule is C/C=C(\C)c1c[nH]c2ccc(OC)cc12. The van der Waals surface area contributed by atoms with Gasteiger partial charge >= 0.3 is 0 Å². The van der Waals surface area contributed by atoms with Crippen LogP contribution in [0.3, 0.4) is 0 Å². The number of allylic oxidation sites excluding steroid dienone is 2. The van der Waals surface area contributed by atoms with Crippen LogP contribution in [0.2, 0.25) is 0 Å². The third kappa shape index (κ3) is 1.63. The van der Waals surface area contributed by atoms with Crippen LogP contribution in [0.1, 0.15) is 19.4 Å². The number of methoxy groups -OCH3 is 1. The van der Waals surface area contributed by atoms with Crippen molar-refractivity contribution in [2.45, 2.75) is 13.8 Å². The highest BCUT2D eigenvalue weighted by Gasteiger charge is 2.05. The normalized spacial score (nSPS) is 12.1. The summed E-state index contributed by atoms with van der Waals surface area (Å²) in [7, 11) is 1.69. The van der Waals surface area contributed by atoms with Gasteiger partial charge in [-0.3, -0.25) is 0 Å². The Morgan fingerprint density at radius 3 is 2.87 bits per heavy atom. The van der Waals surface area contributed by atoms with Gasteiger partial charge in [0.15, 0.2) is 0 Å². The number of aromatic amines is 1. The molecule has 1 N–H and O–H groups in total. The minimum absolute atomic E-state index is 0.896. The standard InChI is InChI=1S/C13H15NO/c1-4-9(2)12-8-14-13-6-5-10(15-3)7-11(12)13/h4-8,14H,1-3H3/b9-4+. The second kappa shape index (κ2) is 3.81. The van der Waals surface area contributed by atoms with Crippen molar-refractivity contribution in [3.8, 4) is 5.75 Å². The first kappa shape index (κ1) is 9.84. The Morgan fingerprint density at radius 1 is 1.40 bits per heavy atom. The average Bonchev–Trinajstić information content (AvgIpc) is 2.70. The summed E-state index contributed by atoms with van der Waals surface area (Å²) in [6.45, 7) is 4.16. The van der Waals surface area contributed by atoms with E-state index in [4.69, 9.17) is 4.74 Å². The third-order valence-corrected chi connectivity index (χ3v) is 2.75. The number of nitrogens with one attached hydrogen (secondary N) is 1. The van der Waals surface area contributed by atoms with E-state index in [1.165, 1.54) is 16.5 Å². The van der Waals surface area contributed by atoms with Crippen molar-refractivity contribution in [2.75, 3.05) is 7.11 Å². The molecule has 2 rings (SSSR count). The number of fused-ring (bicyclic) bond motifs is 1. The Labute approximate surface area is 89.6 Å². The molecule has 0 aliphatic carbocycles. The minimum atomic E-state index is 0.896. The predicted molar refractivity (Wildman–Crippen MR) is 64.2 cm³/mol. The molecule has 0 saturated heterocycles. The van der Waals surface area contributed by atoms with Crippen LogP contribution in [0, 0.1) is 0 Å². The van der Waals surface area contributed by atoms with E-state index >= 15 is 0 Å². The molecular weight excluding hydrogens is 186 g/mol. The molecule has 15 heavy (non-hydrogen) atoms. The van der Waals surface area contributed by atoms with Gasteiger partial charge in [0.05, 0.1) is 7.11 Å². The van der Waals surface area contributed by atoms with Crippen molar-refractivity contribution in [3.63, 3.8) is 0 Å². The van der Waals surface area contributed by atoms with Gasteiger partial charge in [0, 0.05) is 22.7 Å². The first-order valence-electron chi connectivity index (χ1n) is 5.04. The molecule has 2 nitrogen and oxygen atoms in total. The van der Waals surface area contributed by atoms with Gasteiger partial charge in [-0.2, -0.15) is 0 Å². The Kier molecular flexibility index (Phi) is 2.50. The molecule has 0 atom stereocenters. The topological polar surface area (TPSA) is 25.0 Å². The summed E-state index contributed by atoms with van der Waals surface area (Å²) in [5, 5.41) is 1.21. The molecule has 1 heterocycles. The molecule has 0 unspecified atom stereocenters. The highest BCUT2D eigenvalue weighted by Crippen LogP contribution is 2.27. The fourth-order valence-electron chi connectivity index (χ4n) is 1.71. The molecule has 0 bridgehead atoms.